The predicted molar refractivity (Wildman–Crippen MR) is 149 cm³/mol. The molecule has 3 atom stereocenters. The summed E-state index contributed by atoms with van der Waals surface area (Å²) in [5, 5.41) is 18.3. The summed E-state index contributed by atoms with van der Waals surface area (Å²) in [5.74, 6) is -0.203. The van der Waals surface area contributed by atoms with Crippen LogP contribution in [0.15, 0.2) is 36.4 Å². The summed E-state index contributed by atoms with van der Waals surface area (Å²) < 4.78 is 27.8. The van der Waals surface area contributed by atoms with E-state index in [4.69, 9.17) is 24.7 Å². The average Bonchev–Trinajstić information content (AvgIpc) is 3.50. The van der Waals surface area contributed by atoms with Crippen molar-refractivity contribution < 1.29 is 23.8 Å². The maximum absolute atomic E-state index is 14.3. The van der Waals surface area contributed by atoms with Crippen molar-refractivity contribution in [2.75, 3.05) is 19.7 Å². The largest absolute Gasteiger partial charge is 0.475 e. The fourth-order valence-corrected chi connectivity index (χ4v) is 5.72. The number of carboxylic acid groups (broad SMARTS) is 1. The Kier molecular flexibility index (Phi) is 7.38. The minimum atomic E-state index is -1.12. The van der Waals surface area contributed by atoms with Crippen molar-refractivity contribution in [3.05, 3.63) is 70.7 Å². The molecule has 2 N–H and O–H groups in total. The van der Waals surface area contributed by atoms with Crippen molar-refractivity contribution in [1.82, 2.24) is 29.4 Å². The lowest BCUT2D eigenvalue weighted by Gasteiger charge is -2.44. The molecule has 0 aliphatic carbocycles. The summed E-state index contributed by atoms with van der Waals surface area (Å²) in [6, 6.07) is 12.0. The lowest BCUT2D eigenvalue weighted by Crippen LogP contribution is -2.47. The highest BCUT2D eigenvalue weighted by Gasteiger charge is 2.40. The molecule has 42 heavy (non-hydrogen) atoms. The molecule has 3 aromatic heterocycles. The first kappa shape index (κ1) is 27.8. The number of carboxylic acids is 1. The Labute approximate surface area is 241 Å². The van der Waals surface area contributed by atoms with Gasteiger partial charge in [0.15, 0.2) is 11.3 Å². The molecule has 0 amide bonds. The summed E-state index contributed by atoms with van der Waals surface area (Å²) in [6.07, 6.45) is 1.89. The number of H-pyrrole nitrogens is 1. The van der Waals surface area contributed by atoms with Crippen LogP contribution in [0.25, 0.3) is 11.3 Å². The SMILES string of the molecule is CC1CN(Cc2nc3[nH]c(C(=O)O)nc3n2C[C@@H]2CCO2)CC[C@]1(C)c1cccc(OCc2ccc(C#N)cc2F)n1. The second-order valence-corrected chi connectivity index (χ2v) is 11.4. The van der Waals surface area contributed by atoms with E-state index in [1.165, 1.54) is 6.07 Å². The number of aromatic amines is 1. The molecule has 2 fully saturated rings. The van der Waals surface area contributed by atoms with Gasteiger partial charge in [-0.05, 0) is 43.5 Å². The molecule has 0 saturated carbocycles. The number of rotatable bonds is 9. The normalized spacial score (nSPS) is 22.5. The molecule has 0 radical (unpaired) electrons. The molecule has 12 heteroatoms. The number of aromatic nitrogens is 5. The zero-order valence-electron chi connectivity index (χ0n) is 23.5. The molecule has 11 nitrogen and oxygen atoms in total. The van der Waals surface area contributed by atoms with Crippen molar-refractivity contribution in [1.29, 1.82) is 5.26 Å². The van der Waals surface area contributed by atoms with E-state index in [0.29, 0.717) is 35.8 Å². The van der Waals surface area contributed by atoms with E-state index >= 15 is 0 Å². The van der Waals surface area contributed by atoms with Crippen LogP contribution in [0, 0.1) is 23.1 Å². The molecule has 0 spiro atoms. The van der Waals surface area contributed by atoms with Gasteiger partial charge in [0.25, 0.3) is 0 Å². The Morgan fingerprint density at radius 2 is 2.14 bits per heavy atom. The summed E-state index contributed by atoms with van der Waals surface area (Å²) in [4.78, 5) is 30.4. The molecule has 2 aliphatic rings. The van der Waals surface area contributed by atoms with Crippen LogP contribution in [-0.2, 0) is 29.8 Å². The molecule has 6 rings (SSSR count). The maximum atomic E-state index is 14.3. The standard InChI is InChI=1S/C30H32FN7O4/c1-18-14-37(16-24-34-26-28(36-27(35-26)29(39)40)38(24)15-21-8-11-41-21)10-9-30(18,2)23-4-3-5-25(33-23)42-17-20-7-6-19(13-32)12-22(20)31/h3-7,12,18,21H,8-11,14-17H2,1-2H3,(H,35,36)(H,39,40)/t18?,21-,30-/m0/s1. The Morgan fingerprint density at radius 3 is 2.83 bits per heavy atom. The van der Waals surface area contributed by atoms with Gasteiger partial charge in [0.05, 0.1) is 36.5 Å². The van der Waals surface area contributed by atoms with Gasteiger partial charge in [-0.1, -0.05) is 26.0 Å². The Morgan fingerprint density at radius 1 is 1.31 bits per heavy atom. The van der Waals surface area contributed by atoms with Gasteiger partial charge in [0.2, 0.25) is 11.7 Å². The van der Waals surface area contributed by atoms with Gasteiger partial charge < -0.3 is 24.1 Å². The molecule has 5 heterocycles. The van der Waals surface area contributed by atoms with E-state index in [-0.39, 0.29) is 35.4 Å². The molecular weight excluding hydrogens is 541 g/mol. The number of benzene rings is 1. The first-order chi connectivity index (χ1) is 20.2. The third-order valence-electron chi connectivity index (χ3n) is 8.66. The highest BCUT2D eigenvalue weighted by molar-refractivity contribution is 5.87. The second-order valence-electron chi connectivity index (χ2n) is 11.4. The molecule has 1 unspecified atom stereocenters. The van der Waals surface area contributed by atoms with Crippen molar-refractivity contribution in [2.45, 2.75) is 57.9 Å². The van der Waals surface area contributed by atoms with Gasteiger partial charge in [0, 0.05) is 30.2 Å². The van der Waals surface area contributed by atoms with Gasteiger partial charge >= 0.3 is 5.97 Å². The van der Waals surface area contributed by atoms with E-state index < -0.39 is 11.8 Å². The van der Waals surface area contributed by atoms with Crippen molar-refractivity contribution in [3.63, 3.8) is 0 Å². The smallest absolute Gasteiger partial charge is 0.372 e. The van der Waals surface area contributed by atoms with Crippen LogP contribution in [0.2, 0.25) is 0 Å². The lowest BCUT2D eigenvalue weighted by molar-refractivity contribution is -0.0593. The van der Waals surface area contributed by atoms with Crippen molar-refractivity contribution >= 4 is 17.3 Å². The topological polar surface area (TPSA) is 142 Å². The highest BCUT2D eigenvalue weighted by atomic mass is 19.1. The van der Waals surface area contributed by atoms with E-state index in [2.05, 4.69) is 28.7 Å². The second kappa shape index (κ2) is 11.2. The quantitative estimate of drug-likeness (QED) is 0.303. The van der Waals surface area contributed by atoms with Crippen LogP contribution in [0.1, 0.15) is 60.0 Å². The fourth-order valence-electron chi connectivity index (χ4n) is 5.72. The fraction of sp³-hybridized carbons (Fsp3) is 0.433. The number of imidazole rings is 2. The van der Waals surface area contributed by atoms with E-state index in [1.54, 1.807) is 18.2 Å². The minimum Gasteiger partial charge on any atom is -0.475 e. The number of nitrogens with one attached hydrogen (secondary N) is 1. The van der Waals surface area contributed by atoms with Crippen LogP contribution >= 0.6 is 0 Å². The number of carbonyl (C=O) groups is 1. The lowest BCUT2D eigenvalue weighted by atomic mass is 9.70. The molecule has 218 valence electrons. The number of pyridine rings is 1. The molecule has 2 saturated heterocycles. The number of halogens is 1. The number of nitrogens with zero attached hydrogens (tertiary/aromatic N) is 6. The maximum Gasteiger partial charge on any atom is 0.372 e. The zero-order chi connectivity index (χ0) is 29.4. The van der Waals surface area contributed by atoms with E-state index in [0.717, 1.165) is 44.1 Å². The number of hydrogen-bond acceptors (Lipinski definition) is 8. The number of fused-ring (bicyclic) bond motifs is 1. The zero-order valence-corrected chi connectivity index (χ0v) is 23.5. The Bertz CT molecular complexity index is 1670. The van der Waals surface area contributed by atoms with E-state index in [9.17, 15) is 14.3 Å². The monoisotopic (exact) mass is 573 g/mol. The summed E-state index contributed by atoms with van der Waals surface area (Å²) in [6.45, 7) is 8.00. The minimum absolute atomic E-state index is 0.0173. The number of hydrogen-bond donors (Lipinski definition) is 2. The Hall–Kier alpha value is -4.34. The summed E-state index contributed by atoms with van der Waals surface area (Å²) in [5.41, 5.74) is 2.36. The van der Waals surface area contributed by atoms with Crippen LogP contribution in [0.3, 0.4) is 0 Å². The predicted octanol–water partition coefficient (Wildman–Crippen LogP) is 4.03. The van der Waals surface area contributed by atoms with Gasteiger partial charge in [-0.2, -0.15) is 5.26 Å². The first-order valence-corrected chi connectivity index (χ1v) is 14.0. The van der Waals surface area contributed by atoms with Crippen LogP contribution in [-0.4, -0.2) is 66.3 Å². The van der Waals surface area contributed by atoms with Gasteiger partial charge in [-0.3, -0.25) is 4.90 Å². The third kappa shape index (κ3) is 5.33. The number of aromatic carboxylic acids is 1. The molecule has 1 aromatic carbocycles. The van der Waals surface area contributed by atoms with Crippen molar-refractivity contribution in [2.24, 2.45) is 5.92 Å². The summed E-state index contributed by atoms with van der Waals surface area (Å²) >= 11 is 0. The number of piperidine rings is 1. The van der Waals surface area contributed by atoms with Crippen LogP contribution in [0.5, 0.6) is 5.88 Å². The number of ether oxygens (including phenoxy) is 2. The van der Waals surface area contributed by atoms with Gasteiger partial charge in [0.1, 0.15) is 18.2 Å². The Balaban J connectivity index is 1.14. The van der Waals surface area contributed by atoms with Crippen molar-refractivity contribution in [3.8, 4) is 11.9 Å². The molecular formula is C30H32FN7O4. The summed E-state index contributed by atoms with van der Waals surface area (Å²) in [7, 11) is 0. The van der Waals surface area contributed by atoms with E-state index in [1.807, 2.05) is 22.8 Å². The van der Waals surface area contributed by atoms with Gasteiger partial charge in [-0.25, -0.2) is 24.1 Å². The third-order valence-corrected chi connectivity index (χ3v) is 8.66. The molecule has 0 bridgehead atoms. The van der Waals surface area contributed by atoms with Crippen LogP contribution in [0.4, 0.5) is 4.39 Å². The number of likely N-dealkylation sites (tertiary alicyclic amines) is 1. The van der Waals surface area contributed by atoms with Gasteiger partial charge in [-0.15, -0.1) is 0 Å². The van der Waals surface area contributed by atoms with Crippen LogP contribution < -0.4 is 4.74 Å². The average molecular weight is 574 g/mol. The highest BCUT2D eigenvalue weighted by Crippen LogP contribution is 2.39. The molecule has 2 aliphatic heterocycles. The molecule has 4 aromatic rings. The first-order valence-electron chi connectivity index (χ1n) is 14.0. The number of nitriles is 1.